The monoisotopic (exact) mass is 110 g/mol. The second-order valence-corrected chi connectivity index (χ2v) is 2.04. The summed E-state index contributed by atoms with van der Waals surface area (Å²) < 4.78 is 0. The van der Waals surface area contributed by atoms with Crippen molar-refractivity contribution in [3.05, 3.63) is 0 Å². The van der Waals surface area contributed by atoms with Crippen molar-refractivity contribution in [3.8, 4) is 0 Å². The molecule has 0 aliphatic heterocycles. The molecule has 0 rings (SSSR count). The molecule has 0 spiro atoms. The minimum atomic E-state index is -0.236. The Morgan fingerprint density at radius 1 is 1.80 bits per heavy atom. The first-order valence-electron chi connectivity index (χ1n) is 1.41. The van der Waals surface area contributed by atoms with E-state index in [1.807, 2.05) is 0 Å². The fraction of sp³-hybridized carbons (Fsp3) is 1.00. The molecule has 0 aromatic rings. The Bertz CT molecular complexity index is 21.6. The first kappa shape index (κ1) is 5.82. The minimum absolute atomic E-state index is 0.236. The SMILES string of the molecule is O[C@@H](P)CP. The van der Waals surface area contributed by atoms with E-state index in [9.17, 15) is 0 Å². The lowest BCUT2D eigenvalue weighted by atomic mass is 10.9. The van der Waals surface area contributed by atoms with Crippen LogP contribution in [0.25, 0.3) is 0 Å². The molecular weight excluding hydrogens is 102 g/mol. The normalized spacial score (nSPS) is 15.0. The number of rotatable bonds is 1. The molecule has 3 atom stereocenters. The van der Waals surface area contributed by atoms with Crippen molar-refractivity contribution in [2.45, 2.75) is 5.85 Å². The molecule has 1 N–H and O–H groups in total. The Labute approximate surface area is 36.6 Å². The van der Waals surface area contributed by atoms with Crippen LogP contribution in [0.2, 0.25) is 0 Å². The molecule has 2 unspecified atom stereocenters. The maximum absolute atomic E-state index is 8.30. The molecule has 1 nitrogen and oxygen atoms in total. The Hall–Kier alpha value is 0.820. The van der Waals surface area contributed by atoms with Crippen molar-refractivity contribution in [2.75, 3.05) is 6.16 Å². The Morgan fingerprint density at radius 3 is 2.00 bits per heavy atom. The van der Waals surface area contributed by atoms with Crippen LogP contribution in [0.1, 0.15) is 0 Å². The lowest BCUT2D eigenvalue weighted by Crippen LogP contribution is -1.92. The molecule has 0 heterocycles. The van der Waals surface area contributed by atoms with Crippen molar-refractivity contribution in [1.29, 1.82) is 0 Å². The molecule has 32 valence electrons. The summed E-state index contributed by atoms with van der Waals surface area (Å²) >= 11 is 0. The third-order valence-electron chi connectivity index (χ3n) is 0.241. The van der Waals surface area contributed by atoms with E-state index < -0.39 is 0 Å². The molecule has 0 saturated heterocycles. The maximum Gasteiger partial charge on any atom is 0.0708 e. The molecule has 3 heteroatoms. The fourth-order valence-corrected chi connectivity index (χ4v) is 0. The average molecular weight is 110 g/mol. The van der Waals surface area contributed by atoms with Crippen LogP contribution in [0.15, 0.2) is 0 Å². The van der Waals surface area contributed by atoms with Crippen LogP contribution in [-0.4, -0.2) is 17.1 Å². The number of hydrogen-bond acceptors (Lipinski definition) is 1. The molecular formula is C2H8OP2. The largest absolute Gasteiger partial charge is 0.389 e. The van der Waals surface area contributed by atoms with Gasteiger partial charge in [-0.2, -0.15) is 0 Å². The van der Waals surface area contributed by atoms with Crippen molar-refractivity contribution >= 4 is 18.5 Å². The van der Waals surface area contributed by atoms with Crippen LogP contribution in [0.5, 0.6) is 0 Å². The molecule has 0 fully saturated rings. The summed E-state index contributed by atoms with van der Waals surface area (Å²) in [5.41, 5.74) is 0. The molecule has 0 bridgehead atoms. The molecule has 0 aliphatic rings. The van der Waals surface area contributed by atoms with E-state index in [4.69, 9.17) is 5.11 Å². The Kier molecular flexibility index (Phi) is 3.52. The second kappa shape index (κ2) is 3.03. The zero-order chi connectivity index (χ0) is 4.28. The van der Waals surface area contributed by atoms with E-state index >= 15 is 0 Å². The maximum atomic E-state index is 8.30. The highest BCUT2D eigenvalue weighted by Gasteiger charge is 1.81. The van der Waals surface area contributed by atoms with Gasteiger partial charge in [0.1, 0.15) is 0 Å². The van der Waals surface area contributed by atoms with Gasteiger partial charge in [-0.25, -0.2) is 0 Å². The third-order valence-corrected chi connectivity index (χ3v) is 1.54. The molecule has 5 heavy (non-hydrogen) atoms. The molecule has 0 aromatic heterocycles. The summed E-state index contributed by atoms with van der Waals surface area (Å²) in [6, 6.07) is 0. The van der Waals surface area contributed by atoms with Gasteiger partial charge in [-0.3, -0.25) is 0 Å². The molecule has 0 radical (unpaired) electrons. The average Bonchev–Trinajstić information content (AvgIpc) is 1.38. The van der Waals surface area contributed by atoms with Gasteiger partial charge in [-0.1, -0.05) is 0 Å². The fourth-order valence-electron chi connectivity index (χ4n) is 0. The van der Waals surface area contributed by atoms with E-state index in [0.29, 0.717) is 0 Å². The first-order chi connectivity index (χ1) is 2.27. The lowest BCUT2D eigenvalue weighted by Gasteiger charge is -1.90. The topological polar surface area (TPSA) is 20.2 Å². The second-order valence-electron chi connectivity index (χ2n) is 0.803. The van der Waals surface area contributed by atoms with Crippen molar-refractivity contribution in [2.24, 2.45) is 0 Å². The van der Waals surface area contributed by atoms with Gasteiger partial charge in [0, 0.05) is 0 Å². The predicted molar refractivity (Wildman–Crippen MR) is 30.3 cm³/mol. The first-order valence-corrected chi connectivity index (χ1v) is 2.89. The smallest absolute Gasteiger partial charge is 0.0708 e. The van der Waals surface area contributed by atoms with Crippen molar-refractivity contribution < 1.29 is 5.11 Å². The van der Waals surface area contributed by atoms with Crippen LogP contribution in [0.4, 0.5) is 0 Å². The van der Waals surface area contributed by atoms with Gasteiger partial charge in [-0.15, -0.1) is 18.5 Å². The summed E-state index contributed by atoms with van der Waals surface area (Å²) in [6.45, 7) is 0. The van der Waals surface area contributed by atoms with Gasteiger partial charge in [-0.05, 0) is 6.16 Å². The quantitative estimate of drug-likeness (QED) is 0.473. The summed E-state index contributed by atoms with van der Waals surface area (Å²) in [7, 11) is 4.69. The van der Waals surface area contributed by atoms with E-state index in [2.05, 4.69) is 18.5 Å². The lowest BCUT2D eigenvalue weighted by molar-refractivity contribution is 0.287. The van der Waals surface area contributed by atoms with E-state index in [0.717, 1.165) is 6.16 Å². The molecule has 0 saturated carbocycles. The molecule has 0 aliphatic carbocycles. The van der Waals surface area contributed by atoms with Crippen LogP contribution in [0.3, 0.4) is 0 Å². The zero-order valence-electron chi connectivity index (χ0n) is 2.89. The van der Waals surface area contributed by atoms with Crippen molar-refractivity contribution in [1.82, 2.24) is 0 Å². The minimum Gasteiger partial charge on any atom is -0.389 e. The van der Waals surface area contributed by atoms with Crippen LogP contribution in [0, 0.1) is 0 Å². The summed E-state index contributed by atoms with van der Waals surface area (Å²) in [6.07, 6.45) is 0.741. The highest BCUT2D eigenvalue weighted by Crippen LogP contribution is 1.96. The highest BCUT2D eigenvalue weighted by atomic mass is 31.0. The standard InChI is InChI=1S/C2H8OP2/c3-2(5)1-4/h2-3H,1,4-5H2/t2-/m0/s1. The van der Waals surface area contributed by atoms with Crippen LogP contribution >= 0.6 is 18.5 Å². The summed E-state index contributed by atoms with van der Waals surface area (Å²) in [5, 5.41) is 8.30. The van der Waals surface area contributed by atoms with Gasteiger partial charge in [0.2, 0.25) is 0 Å². The van der Waals surface area contributed by atoms with E-state index in [1.165, 1.54) is 0 Å². The van der Waals surface area contributed by atoms with Crippen molar-refractivity contribution in [3.63, 3.8) is 0 Å². The summed E-state index contributed by atoms with van der Waals surface area (Å²) in [4.78, 5) is 0. The Balaban J connectivity index is 2.54. The van der Waals surface area contributed by atoms with Gasteiger partial charge < -0.3 is 5.11 Å². The Morgan fingerprint density at radius 2 is 2.00 bits per heavy atom. The third kappa shape index (κ3) is 4.82. The zero-order valence-corrected chi connectivity index (χ0v) is 5.20. The number of hydrogen-bond donors (Lipinski definition) is 1. The number of aliphatic hydroxyl groups excluding tert-OH is 1. The van der Waals surface area contributed by atoms with Crippen LogP contribution in [-0.2, 0) is 0 Å². The summed E-state index contributed by atoms with van der Waals surface area (Å²) in [5.74, 6) is -0.236. The molecule has 0 aromatic carbocycles. The van der Waals surface area contributed by atoms with E-state index in [1.54, 1.807) is 0 Å². The van der Waals surface area contributed by atoms with Gasteiger partial charge >= 0.3 is 0 Å². The van der Waals surface area contributed by atoms with Crippen LogP contribution < -0.4 is 0 Å². The van der Waals surface area contributed by atoms with Gasteiger partial charge in [0.15, 0.2) is 0 Å². The highest BCUT2D eigenvalue weighted by molar-refractivity contribution is 7.22. The number of aliphatic hydroxyl groups is 1. The molecule has 0 amide bonds. The predicted octanol–water partition coefficient (Wildman–Crippen LogP) is 0.0550. The van der Waals surface area contributed by atoms with Gasteiger partial charge in [0.25, 0.3) is 0 Å². The van der Waals surface area contributed by atoms with E-state index in [-0.39, 0.29) is 5.85 Å². The van der Waals surface area contributed by atoms with Gasteiger partial charge in [0.05, 0.1) is 5.85 Å².